The van der Waals surface area contributed by atoms with Gasteiger partial charge in [-0.25, -0.2) is 0 Å². The first kappa shape index (κ1) is 15.0. The molecule has 2 aliphatic rings. The lowest BCUT2D eigenvalue weighted by Gasteiger charge is -2.24. The van der Waals surface area contributed by atoms with Gasteiger partial charge in [0.15, 0.2) is 0 Å². The van der Waals surface area contributed by atoms with Gasteiger partial charge in [-0.1, -0.05) is 0 Å². The van der Waals surface area contributed by atoms with Crippen molar-refractivity contribution in [2.24, 2.45) is 5.92 Å². The summed E-state index contributed by atoms with van der Waals surface area (Å²) in [4.78, 5) is 15.8. The summed E-state index contributed by atoms with van der Waals surface area (Å²) in [5, 5.41) is 5.14. The van der Waals surface area contributed by atoms with Crippen molar-refractivity contribution in [1.82, 2.24) is 10.2 Å². The second-order valence-electron chi connectivity index (χ2n) is 6.19. The van der Waals surface area contributed by atoms with Crippen LogP contribution < -0.4 is 5.32 Å². The number of hydrogen-bond acceptors (Lipinski definition) is 4. The van der Waals surface area contributed by atoms with Crippen molar-refractivity contribution in [3.8, 4) is 0 Å². The van der Waals surface area contributed by atoms with Crippen LogP contribution >= 0.6 is 11.3 Å². The van der Waals surface area contributed by atoms with E-state index in [0.717, 1.165) is 26.2 Å². The van der Waals surface area contributed by atoms with Crippen molar-refractivity contribution >= 4 is 17.2 Å². The molecule has 1 aliphatic heterocycles. The SMILES string of the molecule is Cc1ccsc1CNC(=O)CN(CC1CCOC1)C1CC1. The van der Waals surface area contributed by atoms with Gasteiger partial charge in [0.1, 0.15) is 0 Å². The summed E-state index contributed by atoms with van der Waals surface area (Å²) < 4.78 is 5.45. The molecular weight excluding hydrogens is 284 g/mol. The van der Waals surface area contributed by atoms with Gasteiger partial charge >= 0.3 is 0 Å². The molecule has 116 valence electrons. The summed E-state index contributed by atoms with van der Waals surface area (Å²) in [6.07, 6.45) is 3.62. The molecule has 2 fully saturated rings. The maximum absolute atomic E-state index is 12.2. The number of rotatable bonds is 7. The molecule has 1 saturated carbocycles. The van der Waals surface area contributed by atoms with E-state index in [1.807, 2.05) is 0 Å². The molecule has 2 heterocycles. The van der Waals surface area contributed by atoms with Crippen LogP contribution in [0.1, 0.15) is 29.7 Å². The predicted molar refractivity (Wildman–Crippen MR) is 84.4 cm³/mol. The minimum Gasteiger partial charge on any atom is -0.381 e. The molecule has 0 spiro atoms. The van der Waals surface area contributed by atoms with Crippen LogP contribution in [0.3, 0.4) is 0 Å². The first-order chi connectivity index (χ1) is 10.2. The molecule has 1 atom stereocenters. The van der Waals surface area contributed by atoms with E-state index in [0.29, 0.717) is 25.0 Å². The lowest BCUT2D eigenvalue weighted by atomic mass is 10.1. The maximum Gasteiger partial charge on any atom is 0.234 e. The predicted octanol–water partition coefficient (Wildman–Crippen LogP) is 2.17. The minimum atomic E-state index is 0.147. The Kier molecular flexibility index (Phi) is 4.93. The van der Waals surface area contributed by atoms with Crippen molar-refractivity contribution in [1.29, 1.82) is 0 Å². The number of aryl methyl sites for hydroxylation is 1. The zero-order valence-electron chi connectivity index (χ0n) is 12.6. The molecule has 21 heavy (non-hydrogen) atoms. The summed E-state index contributed by atoms with van der Waals surface area (Å²) in [6, 6.07) is 2.72. The average molecular weight is 308 g/mol. The molecule has 0 radical (unpaired) electrons. The van der Waals surface area contributed by atoms with Crippen LogP contribution in [0.5, 0.6) is 0 Å². The highest BCUT2D eigenvalue weighted by molar-refractivity contribution is 7.10. The number of ether oxygens (including phenoxy) is 1. The molecular formula is C16H24N2O2S. The quantitative estimate of drug-likeness (QED) is 0.839. The second kappa shape index (κ2) is 6.90. The highest BCUT2D eigenvalue weighted by Gasteiger charge is 2.32. The molecule has 5 heteroatoms. The van der Waals surface area contributed by atoms with E-state index in [-0.39, 0.29) is 5.91 Å². The van der Waals surface area contributed by atoms with Gasteiger partial charge in [-0.2, -0.15) is 0 Å². The van der Waals surface area contributed by atoms with E-state index in [2.05, 4.69) is 28.6 Å². The third kappa shape index (κ3) is 4.28. The Balaban J connectivity index is 1.46. The summed E-state index contributed by atoms with van der Waals surface area (Å²) >= 11 is 1.71. The first-order valence-corrected chi connectivity index (χ1v) is 8.72. The Hall–Kier alpha value is -0.910. The third-order valence-corrected chi connectivity index (χ3v) is 5.36. The highest BCUT2D eigenvalue weighted by Crippen LogP contribution is 2.28. The fraction of sp³-hybridized carbons (Fsp3) is 0.688. The number of thiophene rings is 1. The average Bonchev–Trinajstić information content (AvgIpc) is 3.04. The summed E-state index contributed by atoms with van der Waals surface area (Å²) in [5.74, 6) is 0.756. The van der Waals surface area contributed by atoms with Gasteiger partial charge in [0.2, 0.25) is 5.91 Å². The molecule has 0 bridgehead atoms. The zero-order valence-corrected chi connectivity index (χ0v) is 13.5. The van der Waals surface area contributed by atoms with Gasteiger partial charge in [0.05, 0.1) is 19.7 Å². The van der Waals surface area contributed by atoms with Gasteiger partial charge in [0.25, 0.3) is 0 Å². The number of hydrogen-bond donors (Lipinski definition) is 1. The second-order valence-corrected chi connectivity index (χ2v) is 7.19. The number of amides is 1. The van der Waals surface area contributed by atoms with Crippen LogP contribution in [0.15, 0.2) is 11.4 Å². The first-order valence-electron chi connectivity index (χ1n) is 7.84. The van der Waals surface area contributed by atoms with Crippen LogP contribution in [0.2, 0.25) is 0 Å². The molecule has 1 aliphatic carbocycles. The van der Waals surface area contributed by atoms with Crippen molar-refractivity contribution in [2.45, 2.75) is 38.8 Å². The zero-order chi connectivity index (χ0) is 14.7. The minimum absolute atomic E-state index is 0.147. The van der Waals surface area contributed by atoms with E-state index in [4.69, 9.17) is 4.74 Å². The smallest absolute Gasteiger partial charge is 0.234 e. The molecule has 3 rings (SSSR count). The molecule has 1 unspecified atom stereocenters. The van der Waals surface area contributed by atoms with Crippen molar-refractivity contribution in [2.75, 3.05) is 26.3 Å². The van der Waals surface area contributed by atoms with Crippen molar-refractivity contribution in [3.05, 3.63) is 21.9 Å². The van der Waals surface area contributed by atoms with E-state index in [1.54, 1.807) is 11.3 Å². The Morgan fingerprint density at radius 1 is 1.48 bits per heavy atom. The molecule has 1 aromatic rings. The molecule has 4 nitrogen and oxygen atoms in total. The fourth-order valence-electron chi connectivity index (χ4n) is 2.85. The Morgan fingerprint density at radius 3 is 2.95 bits per heavy atom. The Bertz CT molecular complexity index is 478. The van der Waals surface area contributed by atoms with E-state index in [1.165, 1.54) is 23.3 Å². The summed E-state index contributed by atoms with van der Waals surface area (Å²) in [7, 11) is 0. The van der Waals surface area contributed by atoms with Gasteiger partial charge < -0.3 is 10.1 Å². The van der Waals surface area contributed by atoms with E-state index >= 15 is 0 Å². The number of carbonyl (C=O) groups excluding carboxylic acids is 1. The topological polar surface area (TPSA) is 41.6 Å². The van der Waals surface area contributed by atoms with Crippen LogP contribution in [0, 0.1) is 12.8 Å². The normalized spacial score (nSPS) is 21.9. The fourth-order valence-corrected chi connectivity index (χ4v) is 3.69. The largest absolute Gasteiger partial charge is 0.381 e. The maximum atomic E-state index is 12.2. The van der Waals surface area contributed by atoms with Crippen LogP contribution in [0.4, 0.5) is 0 Å². The molecule has 1 N–H and O–H groups in total. The number of carbonyl (C=O) groups is 1. The third-order valence-electron chi connectivity index (χ3n) is 4.34. The molecule has 1 saturated heterocycles. The van der Waals surface area contributed by atoms with Gasteiger partial charge in [0, 0.05) is 24.1 Å². The summed E-state index contributed by atoms with van der Waals surface area (Å²) in [6.45, 7) is 6.04. The summed E-state index contributed by atoms with van der Waals surface area (Å²) in [5.41, 5.74) is 1.27. The van der Waals surface area contributed by atoms with Gasteiger partial charge in [-0.3, -0.25) is 9.69 Å². The van der Waals surface area contributed by atoms with Crippen molar-refractivity contribution in [3.63, 3.8) is 0 Å². The van der Waals surface area contributed by atoms with Crippen LogP contribution in [0.25, 0.3) is 0 Å². The van der Waals surface area contributed by atoms with E-state index < -0.39 is 0 Å². The molecule has 1 aromatic heterocycles. The van der Waals surface area contributed by atoms with Crippen LogP contribution in [-0.2, 0) is 16.1 Å². The van der Waals surface area contributed by atoms with E-state index in [9.17, 15) is 4.79 Å². The number of nitrogens with one attached hydrogen (secondary N) is 1. The standard InChI is InChI=1S/C16H24N2O2S/c1-12-5-7-21-15(12)8-17-16(19)10-18(14-2-3-14)9-13-4-6-20-11-13/h5,7,13-14H,2-4,6,8-11H2,1H3,(H,17,19). The van der Waals surface area contributed by atoms with Gasteiger partial charge in [-0.15, -0.1) is 11.3 Å². The highest BCUT2D eigenvalue weighted by atomic mass is 32.1. The molecule has 1 amide bonds. The lowest BCUT2D eigenvalue weighted by molar-refractivity contribution is -0.122. The monoisotopic (exact) mass is 308 g/mol. The van der Waals surface area contributed by atoms with Crippen LogP contribution in [-0.4, -0.2) is 43.2 Å². The van der Waals surface area contributed by atoms with Crippen molar-refractivity contribution < 1.29 is 9.53 Å². The van der Waals surface area contributed by atoms with Gasteiger partial charge in [-0.05, 0) is 49.1 Å². The lowest BCUT2D eigenvalue weighted by Crippen LogP contribution is -2.40. The number of nitrogens with zero attached hydrogens (tertiary/aromatic N) is 1. The Morgan fingerprint density at radius 2 is 2.33 bits per heavy atom. The molecule has 0 aromatic carbocycles. The Labute approximate surface area is 130 Å².